The molecule has 0 spiro atoms. The molecular formula is C21H18ClN5. The summed E-state index contributed by atoms with van der Waals surface area (Å²) in [7, 11) is 0. The molecule has 0 bridgehead atoms. The highest BCUT2D eigenvalue weighted by Gasteiger charge is 2.06. The number of aryl methyl sites for hydroxylation is 1. The number of rotatable bonds is 5. The highest BCUT2D eigenvalue weighted by atomic mass is 35.5. The SMILES string of the molecule is Cc1cc(Nc2cccc3cccnc23)nc(NCc2ccc(Cl)cc2)n1. The number of para-hydroxylation sites is 1. The molecule has 134 valence electrons. The Balaban J connectivity index is 1.56. The van der Waals surface area contributed by atoms with Crippen LogP contribution in [0, 0.1) is 6.92 Å². The van der Waals surface area contributed by atoms with Crippen LogP contribution in [0.5, 0.6) is 0 Å². The van der Waals surface area contributed by atoms with Crippen LogP contribution >= 0.6 is 11.6 Å². The lowest BCUT2D eigenvalue weighted by Gasteiger charge is -2.11. The van der Waals surface area contributed by atoms with Gasteiger partial charge in [-0.2, -0.15) is 4.98 Å². The Hall–Kier alpha value is -3.18. The monoisotopic (exact) mass is 375 g/mol. The number of hydrogen-bond donors (Lipinski definition) is 2. The molecule has 0 saturated heterocycles. The fourth-order valence-corrected chi connectivity index (χ4v) is 2.96. The van der Waals surface area contributed by atoms with E-state index < -0.39 is 0 Å². The molecule has 0 aliphatic carbocycles. The van der Waals surface area contributed by atoms with Gasteiger partial charge in [-0.1, -0.05) is 41.9 Å². The summed E-state index contributed by atoms with van der Waals surface area (Å²) >= 11 is 5.93. The van der Waals surface area contributed by atoms with E-state index in [0.29, 0.717) is 12.5 Å². The van der Waals surface area contributed by atoms with E-state index in [-0.39, 0.29) is 0 Å². The van der Waals surface area contributed by atoms with Gasteiger partial charge < -0.3 is 10.6 Å². The molecule has 0 unspecified atom stereocenters. The number of anilines is 3. The molecule has 4 rings (SSSR count). The van der Waals surface area contributed by atoms with Crippen molar-refractivity contribution in [1.82, 2.24) is 15.0 Å². The van der Waals surface area contributed by atoms with Gasteiger partial charge in [0.25, 0.3) is 0 Å². The maximum absolute atomic E-state index is 5.93. The minimum Gasteiger partial charge on any atom is -0.350 e. The van der Waals surface area contributed by atoms with E-state index in [1.165, 1.54) is 0 Å². The Morgan fingerprint density at radius 3 is 2.63 bits per heavy atom. The Labute approximate surface area is 162 Å². The second-order valence-electron chi connectivity index (χ2n) is 6.20. The molecule has 0 fully saturated rings. The van der Waals surface area contributed by atoms with E-state index >= 15 is 0 Å². The normalized spacial score (nSPS) is 10.7. The molecule has 2 aromatic carbocycles. The van der Waals surface area contributed by atoms with Gasteiger partial charge in [0.15, 0.2) is 0 Å². The Kier molecular flexibility index (Phi) is 4.85. The van der Waals surface area contributed by atoms with E-state index in [0.717, 1.165) is 38.7 Å². The summed E-state index contributed by atoms with van der Waals surface area (Å²) in [6.07, 6.45) is 1.79. The van der Waals surface area contributed by atoms with Crippen LogP contribution in [-0.4, -0.2) is 15.0 Å². The van der Waals surface area contributed by atoms with Crippen LogP contribution in [0.15, 0.2) is 66.9 Å². The lowest BCUT2D eigenvalue weighted by Crippen LogP contribution is -2.06. The molecule has 4 aromatic rings. The molecule has 0 radical (unpaired) electrons. The van der Waals surface area contributed by atoms with Crippen molar-refractivity contribution < 1.29 is 0 Å². The Morgan fingerprint density at radius 1 is 0.963 bits per heavy atom. The third kappa shape index (κ3) is 4.15. The smallest absolute Gasteiger partial charge is 0.225 e. The summed E-state index contributed by atoms with van der Waals surface area (Å²) in [5.41, 5.74) is 3.80. The van der Waals surface area contributed by atoms with Crippen molar-refractivity contribution in [2.45, 2.75) is 13.5 Å². The van der Waals surface area contributed by atoms with Gasteiger partial charge in [-0.3, -0.25) is 4.98 Å². The predicted octanol–water partition coefficient (Wildman–Crippen LogP) is 5.34. The van der Waals surface area contributed by atoms with Gasteiger partial charge in [-0.05, 0) is 36.8 Å². The Bertz CT molecular complexity index is 1070. The largest absolute Gasteiger partial charge is 0.350 e. The van der Waals surface area contributed by atoms with Crippen LogP contribution in [0.1, 0.15) is 11.3 Å². The number of hydrogen-bond acceptors (Lipinski definition) is 5. The summed E-state index contributed by atoms with van der Waals surface area (Å²) < 4.78 is 0. The molecule has 0 saturated carbocycles. The van der Waals surface area contributed by atoms with Crippen LogP contribution in [0.3, 0.4) is 0 Å². The van der Waals surface area contributed by atoms with E-state index in [9.17, 15) is 0 Å². The summed E-state index contributed by atoms with van der Waals surface area (Å²) in [6.45, 7) is 2.57. The number of halogens is 1. The Morgan fingerprint density at radius 2 is 1.78 bits per heavy atom. The third-order valence-electron chi connectivity index (χ3n) is 4.11. The summed E-state index contributed by atoms with van der Waals surface area (Å²) in [5.74, 6) is 1.29. The molecule has 0 amide bonds. The maximum atomic E-state index is 5.93. The average Bonchev–Trinajstić information content (AvgIpc) is 2.67. The highest BCUT2D eigenvalue weighted by molar-refractivity contribution is 6.30. The second-order valence-corrected chi connectivity index (χ2v) is 6.64. The number of pyridine rings is 1. The van der Waals surface area contributed by atoms with Crippen molar-refractivity contribution in [2.24, 2.45) is 0 Å². The number of fused-ring (bicyclic) bond motifs is 1. The number of aromatic nitrogens is 3. The highest BCUT2D eigenvalue weighted by Crippen LogP contribution is 2.24. The molecule has 2 aromatic heterocycles. The molecule has 2 N–H and O–H groups in total. The zero-order valence-corrected chi connectivity index (χ0v) is 15.5. The van der Waals surface area contributed by atoms with E-state index in [4.69, 9.17) is 11.6 Å². The first-order valence-electron chi connectivity index (χ1n) is 8.62. The van der Waals surface area contributed by atoms with Gasteiger partial charge >= 0.3 is 0 Å². The van der Waals surface area contributed by atoms with Crippen molar-refractivity contribution >= 4 is 40.0 Å². The zero-order valence-electron chi connectivity index (χ0n) is 14.8. The first kappa shape index (κ1) is 17.2. The first-order valence-corrected chi connectivity index (χ1v) is 9.00. The third-order valence-corrected chi connectivity index (χ3v) is 4.37. The van der Waals surface area contributed by atoms with E-state index in [1.807, 2.05) is 67.6 Å². The van der Waals surface area contributed by atoms with Gasteiger partial charge in [0.1, 0.15) is 5.82 Å². The lowest BCUT2D eigenvalue weighted by molar-refractivity contribution is 1.03. The van der Waals surface area contributed by atoms with Crippen molar-refractivity contribution in [3.63, 3.8) is 0 Å². The second kappa shape index (κ2) is 7.60. The minimum absolute atomic E-state index is 0.570. The summed E-state index contributed by atoms with van der Waals surface area (Å²) in [4.78, 5) is 13.5. The standard InChI is InChI=1S/C21H18ClN5/c1-14-12-19(26-18-6-2-4-16-5-3-11-23-20(16)18)27-21(25-14)24-13-15-7-9-17(22)10-8-15/h2-12H,13H2,1H3,(H2,24,25,26,27). The van der Waals surface area contributed by atoms with Crippen molar-refractivity contribution in [2.75, 3.05) is 10.6 Å². The van der Waals surface area contributed by atoms with Crippen LogP contribution in [-0.2, 0) is 6.54 Å². The van der Waals surface area contributed by atoms with Gasteiger partial charge in [0, 0.05) is 34.9 Å². The van der Waals surface area contributed by atoms with Crippen LogP contribution in [0.2, 0.25) is 5.02 Å². The summed E-state index contributed by atoms with van der Waals surface area (Å²) in [5, 5.41) is 8.43. The molecular weight excluding hydrogens is 358 g/mol. The van der Waals surface area contributed by atoms with E-state index in [1.54, 1.807) is 6.20 Å². The molecule has 2 heterocycles. The first-order chi connectivity index (χ1) is 13.2. The lowest BCUT2D eigenvalue weighted by atomic mass is 10.2. The van der Waals surface area contributed by atoms with Gasteiger partial charge in [0.2, 0.25) is 5.95 Å². The summed E-state index contributed by atoms with van der Waals surface area (Å²) in [6, 6.07) is 19.6. The number of nitrogens with one attached hydrogen (secondary N) is 2. The molecule has 0 aliphatic rings. The van der Waals surface area contributed by atoms with Crippen molar-refractivity contribution in [3.8, 4) is 0 Å². The zero-order chi connectivity index (χ0) is 18.6. The number of benzene rings is 2. The van der Waals surface area contributed by atoms with Gasteiger partial charge in [-0.15, -0.1) is 0 Å². The minimum atomic E-state index is 0.570. The topological polar surface area (TPSA) is 62.7 Å². The molecule has 27 heavy (non-hydrogen) atoms. The predicted molar refractivity (Wildman–Crippen MR) is 111 cm³/mol. The van der Waals surface area contributed by atoms with Crippen LogP contribution < -0.4 is 10.6 Å². The van der Waals surface area contributed by atoms with Gasteiger partial charge in [-0.25, -0.2) is 4.98 Å². The fourth-order valence-electron chi connectivity index (χ4n) is 2.84. The molecule has 5 nitrogen and oxygen atoms in total. The van der Waals surface area contributed by atoms with Crippen molar-refractivity contribution in [3.05, 3.63) is 83.1 Å². The van der Waals surface area contributed by atoms with Gasteiger partial charge in [0.05, 0.1) is 11.2 Å². The fraction of sp³-hybridized carbons (Fsp3) is 0.0952. The maximum Gasteiger partial charge on any atom is 0.225 e. The quantitative estimate of drug-likeness (QED) is 0.492. The molecule has 0 aliphatic heterocycles. The van der Waals surface area contributed by atoms with Crippen LogP contribution in [0.25, 0.3) is 10.9 Å². The molecule has 0 atom stereocenters. The average molecular weight is 376 g/mol. The van der Waals surface area contributed by atoms with Crippen molar-refractivity contribution in [1.29, 1.82) is 0 Å². The van der Waals surface area contributed by atoms with E-state index in [2.05, 4.69) is 25.6 Å². The molecule has 6 heteroatoms. The van der Waals surface area contributed by atoms with Crippen LogP contribution in [0.4, 0.5) is 17.5 Å². The number of nitrogens with zero attached hydrogens (tertiary/aromatic N) is 3.